The van der Waals surface area contributed by atoms with Crippen LogP contribution in [0.5, 0.6) is 0 Å². The number of nitrogens with one attached hydrogen (secondary N) is 1. The third-order valence-electron chi connectivity index (χ3n) is 1.79. The summed E-state index contributed by atoms with van der Waals surface area (Å²) in [6, 6.07) is 5.85. The van der Waals surface area contributed by atoms with Crippen molar-refractivity contribution in [3.63, 3.8) is 0 Å². The van der Waals surface area contributed by atoms with Crippen molar-refractivity contribution in [2.75, 3.05) is 0 Å². The number of fused-ring (bicyclic) bond motifs is 1. The van der Waals surface area contributed by atoms with Gasteiger partial charge in [-0.3, -0.25) is 5.41 Å². The molecule has 3 N–H and O–H groups in total. The van der Waals surface area contributed by atoms with Crippen LogP contribution in [0.25, 0.3) is 5.65 Å². The molecular formula is C9H12Br2N4S. The second kappa shape index (κ2) is 6.93. The molecule has 0 spiro atoms. The van der Waals surface area contributed by atoms with Gasteiger partial charge in [0.15, 0.2) is 5.17 Å². The molecule has 0 radical (unpaired) electrons. The molecule has 16 heavy (non-hydrogen) atoms. The van der Waals surface area contributed by atoms with Crippen molar-refractivity contribution >= 4 is 56.5 Å². The molecule has 0 aliphatic carbocycles. The van der Waals surface area contributed by atoms with Crippen molar-refractivity contribution < 1.29 is 0 Å². The molecule has 0 amide bonds. The van der Waals surface area contributed by atoms with Gasteiger partial charge in [0.1, 0.15) is 5.65 Å². The van der Waals surface area contributed by atoms with Crippen LogP contribution in [-0.4, -0.2) is 14.6 Å². The van der Waals surface area contributed by atoms with E-state index in [4.69, 9.17) is 11.1 Å². The molecule has 2 aromatic rings. The lowest BCUT2D eigenvalue weighted by molar-refractivity contribution is 1.18. The molecule has 0 aliphatic rings. The molecule has 0 saturated carbocycles. The molecule has 0 bridgehead atoms. The first-order chi connectivity index (χ1) is 6.75. The van der Waals surface area contributed by atoms with E-state index < -0.39 is 0 Å². The van der Waals surface area contributed by atoms with E-state index in [1.165, 1.54) is 11.8 Å². The number of imidazole rings is 1. The lowest BCUT2D eigenvalue weighted by Crippen LogP contribution is -2.03. The fraction of sp³-hybridized carbons (Fsp3) is 0.111. The Labute approximate surface area is 119 Å². The van der Waals surface area contributed by atoms with E-state index in [1.807, 2.05) is 35.0 Å². The third-order valence-corrected chi connectivity index (χ3v) is 2.54. The zero-order valence-electron chi connectivity index (χ0n) is 8.29. The predicted octanol–water partition coefficient (Wildman–Crippen LogP) is 2.62. The molecule has 7 heteroatoms. The molecule has 0 saturated heterocycles. The summed E-state index contributed by atoms with van der Waals surface area (Å²) in [5, 5.41) is 7.21. The van der Waals surface area contributed by atoms with Crippen LogP contribution >= 0.6 is 45.7 Å². The number of nitrogens with zero attached hydrogens (tertiary/aromatic N) is 2. The Morgan fingerprint density at radius 1 is 1.44 bits per heavy atom. The molecule has 2 heterocycles. The maximum absolute atomic E-state index is 7.08. The van der Waals surface area contributed by atoms with Crippen molar-refractivity contribution in [2.24, 2.45) is 5.73 Å². The van der Waals surface area contributed by atoms with Crippen molar-refractivity contribution in [2.45, 2.75) is 5.75 Å². The van der Waals surface area contributed by atoms with Crippen molar-refractivity contribution in [1.82, 2.24) is 9.38 Å². The number of pyridine rings is 1. The van der Waals surface area contributed by atoms with Crippen LogP contribution in [-0.2, 0) is 5.75 Å². The monoisotopic (exact) mass is 366 g/mol. The average Bonchev–Trinajstić information content (AvgIpc) is 2.57. The van der Waals surface area contributed by atoms with E-state index in [9.17, 15) is 0 Å². The van der Waals surface area contributed by atoms with Gasteiger partial charge in [-0.15, -0.1) is 34.0 Å². The molecule has 0 fully saturated rings. The van der Waals surface area contributed by atoms with E-state index in [0.717, 1.165) is 11.3 Å². The first-order valence-electron chi connectivity index (χ1n) is 4.15. The zero-order valence-corrected chi connectivity index (χ0v) is 12.5. The van der Waals surface area contributed by atoms with Crippen molar-refractivity contribution in [3.05, 3.63) is 36.3 Å². The Balaban J connectivity index is 0.00000112. The molecule has 0 atom stereocenters. The third kappa shape index (κ3) is 3.80. The number of aromatic nitrogens is 2. The van der Waals surface area contributed by atoms with E-state index in [1.54, 1.807) is 0 Å². The van der Waals surface area contributed by atoms with E-state index in [0.29, 0.717) is 5.75 Å². The minimum Gasteiger partial charge on any atom is -0.379 e. The number of thioether (sulfide) groups is 1. The highest BCUT2D eigenvalue weighted by Crippen LogP contribution is 2.11. The van der Waals surface area contributed by atoms with Gasteiger partial charge in [0.05, 0.1) is 5.69 Å². The summed E-state index contributed by atoms with van der Waals surface area (Å²) in [6.07, 6.45) is 3.90. The number of nitrogens with two attached hydrogens (primary N) is 1. The van der Waals surface area contributed by atoms with Crippen molar-refractivity contribution in [3.8, 4) is 0 Å². The second-order valence-electron chi connectivity index (χ2n) is 2.85. The van der Waals surface area contributed by atoms with Crippen LogP contribution in [0, 0.1) is 5.41 Å². The zero-order chi connectivity index (χ0) is 9.97. The molecule has 2 rings (SSSR count). The summed E-state index contributed by atoms with van der Waals surface area (Å²) in [4.78, 5) is 4.37. The predicted molar refractivity (Wildman–Crippen MR) is 79.0 cm³/mol. The van der Waals surface area contributed by atoms with Gasteiger partial charge in [0.25, 0.3) is 0 Å². The molecule has 4 nitrogen and oxygen atoms in total. The summed E-state index contributed by atoms with van der Waals surface area (Å²) >= 11 is 1.28. The highest BCUT2D eigenvalue weighted by molar-refractivity contribution is 8.93. The number of halogens is 2. The SMILES string of the molecule is Br.Br.N=C(N)SCc1cn2ccccc2n1. The average molecular weight is 368 g/mol. The van der Waals surface area contributed by atoms with Gasteiger partial charge < -0.3 is 10.1 Å². The summed E-state index contributed by atoms with van der Waals surface area (Å²) in [5.74, 6) is 0.650. The van der Waals surface area contributed by atoms with Crippen LogP contribution in [0.15, 0.2) is 30.6 Å². The van der Waals surface area contributed by atoms with Gasteiger partial charge in [-0.05, 0) is 12.1 Å². The van der Waals surface area contributed by atoms with Crippen LogP contribution in [0.3, 0.4) is 0 Å². The summed E-state index contributed by atoms with van der Waals surface area (Å²) in [5.41, 5.74) is 7.11. The summed E-state index contributed by atoms with van der Waals surface area (Å²) in [6.45, 7) is 0. The molecule has 88 valence electrons. The van der Waals surface area contributed by atoms with Gasteiger partial charge in [-0.1, -0.05) is 17.8 Å². The van der Waals surface area contributed by atoms with Gasteiger partial charge in [0.2, 0.25) is 0 Å². The van der Waals surface area contributed by atoms with Crippen molar-refractivity contribution in [1.29, 1.82) is 5.41 Å². The largest absolute Gasteiger partial charge is 0.379 e. The van der Waals surface area contributed by atoms with E-state index in [2.05, 4.69) is 4.98 Å². The summed E-state index contributed by atoms with van der Waals surface area (Å²) < 4.78 is 1.95. The quantitative estimate of drug-likeness (QED) is 0.633. The minimum absolute atomic E-state index is 0. The fourth-order valence-electron chi connectivity index (χ4n) is 1.21. The molecule has 2 aromatic heterocycles. The molecule has 0 aliphatic heterocycles. The van der Waals surface area contributed by atoms with Crippen LogP contribution in [0.1, 0.15) is 5.69 Å². The van der Waals surface area contributed by atoms with Gasteiger partial charge >= 0.3 is 0 Å². The van der Waals surface area contributed by atoms with E-state index >= 15 is 0 Å². The van der Waals surface area contributed by atoms with Gasteiger partial charge in [0, 0.05) is 18.1 Å². The number of hydrogen-bond acceptors (Lipinski definition) is 3. The number of hydrogen-bond donors (Lipinski definition) is 2. The standard InChI is InChI=1S/C9H10N4S.2BrH/c10-9(11)14-6-7-5-13-4-2-1-3-8(13)12-7;;/h1-5H,6H2,(H3,10,11);2*1H. The topological polar surface area (TPSA) is 67.2 Å². The Morgan fingerprint density at radius 2 is 2.19 bits per heavy atom. The van der Waals surface area contributed by atoms with Crippen LogP contribution in [0.4, 0.5) is 0 Å². The van der Waals surface area contributed by atoms with E-state index in [-0.39, 0.29) is 39.1 Å². The first kappa shape index (κ1) is 15.5. The van der Waals surface area contributed by atoms with Gasteiger partial charge in [-0.2, -0.15) is 0 Å². The summed E-state index contributed by atoms with van der Waals surface area (Å²) in [7, 11) is 0. The second-order valence-corrected chi connectivity index (χ2v) is 3.87. The Kier molecular flexibility index (Phi) is 6.70. The fourth-order valence-corrected chi connectivity index (χ4v) is 1.65. The maximum atomic E-state index is 7.08. The Bertz CT molecular complexity index is 438. The number of rotatable bonds is 2. The smallest absolute Gasteiger partial charge is 0.151 e. The molecule has 0 aromatic carbocycles. The highest BCUT2D eigenvalue weighted by atomic mass is 79.9. The van der Waals surface area contributed by atoms with Crippen LogP contribution in [0.2, 0.25) is 0 Å². The Hall–Kier alpha value is -0.530. The normalized spacial score (nSPS) is 9.25. The van der Waals surface area contributed by atoms with Gasteiger partial charge in [-0.25, -0.2) is 4.98 Å². The first-order valence-corrected chi connectivity index (χ1v) is 5.14. The Morgan fingerprint density at radius 3 is 2.81 bits per heavy atom. The molecule has 0 unspecified atom stereocenters. The lowest BCUT2D eigenvalue weighted by atomic mass is 10.5. The highest BCUT2D eigenvalue weighted by Gasteiger charge is 2.01. The maximum Gasteiger partial charge on any atom is 0.151 e. The number of amidine groups is 1. The minimum atomic E-state index is 0. The molecular weight excluding hydrogens is 356 g/mol. The van der Waals surface area contributed by atoms with Crippen LogP contribution < -0.4 is 5.73 Å². The lowest BCUT2D eigenvalue weighted by Gasteiger charge is -1.92.